The molecule has 1 aliphatic rings. The first kappa shape index (κ1) is 17.9. The molecule has 132 valence electrons. The molecule has 0 saturated carbocycles. The van der Waals surface area contributed by atoms with E-state index in [2.05, 4.69) is 15.1 Å². The predicted molar refractivity (Wildman–Crippen MR) is 98.2 cm³/mol. The third-order valence-corrected chi connectivity index (χ3v) is 4.47. The Balaban J connectivity index is 1.43. The Bertz CT molecular complexity index is 732. The molecule has 1 heterocycles. The normalized spacial score (nSPS) is 15.9. The number of hydrogen-bond acceptors (Lipinski definition) is 3. The number of anilines is 1. The highest BCUT2D eigenvalue weighted by atomic mass is 35.5. The Morgan fingerprint density at radius 1 is 1.04 bits per heavy atom. The van der Waals surface area contributed by atoms with Crippen LogP contribution >= 0.6 is 11.6 Å². The molecule has 0 aromatic heterocycles. The van der Waals surface area contributed by atoms with E-state index in [0.717, 1.165) is 38.3 Å². The number of nitrogens with zero attached hydrogens (tertiary/aromatic N) is 2. The van der Waals surface area contributed by atoms with Gasteiger partial charge in [-0.05, 0) is 35.9 Å². The van der Waals surface area contributed by atoms with Crippen LogP contribution in [0.15, 0.2) is 48.5 Å². The third kappa shape index (κ3) is 5.53. The first-order valence-electron chi connectivity index (χ1n) is 8.33. The van der Waals surface area contributed by atoms with E-state index >= 15 is 0 Å². The quantitative estimate of drug-likeness (QED) is 0.888. The summed E-state index contributed by atoms with van der Waals surface area (Å²) in [6.45, 7) is 4.46. The van der Waals surface area contributed by atoms with Crippen molar-refractivity contribution < 1.29 is 9.18 Å². The number of rotatable bonds is 5. The number of halogens is 2. The zero-order chi connectivity index (χ0) is 17.6. The molecule has 6 heteroatoms. The van der Waals surface area contributed by atoms with Gasteiger partial charge in [0, 0.05) is 43.4 Å². The lowest BCUT2D eigenvalue weighted by molar-refractivity contribution is -0.117. The molecule has 0 radical (unpaired) electrons. The largest absolute Gasteiger partial charge is 0.325 e. The molecule has 25 heavy (non-hydrogen) atoms. The van der Waals surface area contributed by atoms with Gasteiger partial charge in [0.2, 0.25) is 5.91 Å². The van der Waals surface area contributed by atoms with Crippen LogP contribution in [0.2, 0.25) is 5.02 Å². The molecule has 1 N–H and O–H groups in total. The summed E-state index contributed by atoms with van der Waals surface area (Å²) in [6, 6.07) is 13.8. The summed E-state index contributed by atoms with van der Waals surface area (Å²) in [5.74, 6) is -0.241. The molecule has 0 aliphatic carbocycles. The van der Waals surface area contributed by atoms with Gasteiger partial charge in [-0.25, -0.2) is 4.39 Å². The molecule has 0 atom stereocenters. The summed E-state index contributed by atoms with van der Waals surface area (Å²) in [5.41, 5.74) is 1.69. The molecular weight excluding hydrogens is 341 g/mol. The maximum atomic E-state index is 13.3. The van der Waals surface area contributed by atoms with Crippen molar-refractivity contribution in [1.29, 1.82) is 0 Å². The van der Waals surface area contributed by atoms with E-state index in [1.54, 1.807) is 24.3 Å². The molecule has 3 rings (SSSR count). The van der Waals surface area contributed by atoms with Gasteiger partial charge in [0.15, 0.2) is 0 Å². The van der Waals surface area contributed by atoms with Gasteiger partial charge in [-0.1, -0.05) is 29.8 Å². The zero-order valence-corrected chi connectivity index (χ0v) is 14.7. The molecule has 0 unspecified atom stereocenters. The third-order valence-electron chi connectivity index (χ3n) is 4.24. The van der Waals surface area contributed by atoms with Gasteiger partial charge < -0.3 is 5.32 Å². The average molecular weight is 362 g/mol. The van der Waals surface area contributed by atoms with Crippen molar-refractivity contribution in [2.45, 2.75) is 6.54 Å². The molecule has 4 nitrogen and oxygen atoms in total. The monoisotopic (exact) mass is 361 g/mol. The molecule has 0 spiro atoms. The second kappa shape index (κ2) is 8.43. The van der Waals surface area contributed by atoms with E-state index in [1.807, 2.05) is 18.2 Å². The van der Waals surface area contributed by atoms with Crippen molar-refractivity contribution in [1.82, 2.24) is 9.80 Å². The Hall–Kier alpha value is -1.95. The molecule has 2 aromatic rings. The minimum absolute atomic E-state index is 0.0409. The van der Waals surface area contributed by atoms with Crippen molar-refractivity contribution in [3.05, 3.63) is 64.9 Å². The average Bonchev–Trinajstić information content (AvgIpc) is 2.57. The Morgan fingerprint density at radius 2 is 1.76 bits per heavy atom. The van der Waals surface area contributed by atoms with E-state index in [1.165, 1.54) is 6.07 Å². The first-order valence-corrected chi connectivity index (χ1v) is 8.71. The molecule has 1 amide bonds. The fraction of sp³-hybridized carbons (Fsp3) is 0.316. The number of hydrogen-bond donors (Lipinski definition) is 1. The fourth-order valence-corrected chi connectivity index (χ4v) is 3.16. The second-order valence-electron chi connectivity index (χ2n) is 6.24. The van der Waals surface area contributed by atoms with Crippen LogP contribution in [0, 0.1) is 5.82 Å². The second-order valence-corrected chi connectivity index (χ2v) is 6.68. The number of piperazine rings is 1. The summed E-state index contributed by atoms with van der Waals surface area (Å²) >= 11 is 5.92. The van der Waals surface area contributed by atoms with Crippen LogP contribution < -0.4 is 5.32 Å². The number of carbonyl (C=O) groups excluding carboxylic acids is 1. The van der Waals surface area contributed by atoms with Crippen molar-refractivity contribution >= 4 is 23.2 Å². The standard InChI is InChI=1S/C19H21ClFN3O/c20-16-4-2-6-18(12-16)22-19(25)14-24-9-7-23(8-10-24)13-15-3-1-5-17(21)11-15/h1-6,11-12H,7-10,13-14H2,(H,22,25). The fourth-order valence-electron chi connectivity index (χ4n) is 2.97. The van der Waals surface area contributed by atoms with Crippen LogP contribution in [0.25, 0.3) is 0 Å². The molecule has 1 saturated heterocycles. The molecule has 0 bridgehead atoms. The van der Waals surface area contributed by atoms with Crippen molar-refractivity contribution in [3.63, 3.8) is 0 Å². The molecular formula is C19H21ClFN3O. The maximum Gasteiger partial charge on any atom is 0.238 e. The summed E-state index contributed by atoms with van der Waals surface area (Å²) in [6.07, 6.45) is 0. The van der Waals surface area contributed by atoms with Crippen LogP contribution in [0.1, 0.15) is 5.56 Å². The first-order chi connectivity index (χ1) is 12.1. The molecule has 2 aromatic carbocycles. The lowest BCUT2D eigenvalue weighted by atomic mass is 10.2. The summed E-state index contributed by atoms with van der Waals surface area (Å²) in [4.78, 5) is 16.6. The van der Waals surface area contributed by atoms with Gasteiger partial charge in [-0.2, -0.15) is 0 Å². The maximum absolute atomic E-state index is 13.3. The summed E-state index contributed by atoms with van der Waals surface area (Å²) in [5, 5.41) is 3.47. The SMILES string of the molecule is O=C(CN1CCN(Cc2cccc(F)c2)CC1)Nc1cccc(Cl)c1. The van der Waals surface area contributed by atoms with Crippen molar-refractivity contribution in [2.75, 3.05) is 38.0 Å². The Labute approximate surface area is 152 Å². The van der Waals surface area contributed by atoms with E-state index in [4.69, 9.17) is 11.6 Å². The van der Waals surface area contributed by atoms with E-state index in [0.29, 0.717) is 17.3 Å². The van der Waals surface area contributed by atoms with Gasteiger partial charge in [-0.15, -0.1) is 0 Å². The lowest BCUT2D eigenvalue weighted by Crippen LogP contribution is -2.48. The van der Waals surface area contributed by atoms with E-state index in [-0.39, 0.29) is 11.7 Å². The highest BCUT2D eigenvalue weighted by Gasteiger charge is 2.19. The number of nitrogens with one attached hydrogen (secondary N) is 1. The van der Waals surface area contributed by atoms with Crippen molar-refractivity contribution in [3.8, 4) is 0 Å². The summed E-state index contributed by atoms with van der Waals surface area (Å²) in [7, 11) is 0. The highest BCUT2D eigenvalue weighted by molar-refractivity contribution is 6.30. The van der Waals surface area contributed by atoms with Gasteiger partial charge in [0.05, 0.1) is 6.54 Å². The van der Waals surface area contributed by atoms with E-state index < -0.39 is 0 Å². The Morgan fingerprint density at radius 3 is 2.48 bits per heavy atom. The molecule has 1 aliphatic heterocycles. The lowest BCUT2D eigenvalue weighted by Gasteiger charge is -2.34. The minimum atomic E-state index is -0.200. The van der Waals surface area contributed by atoms with Gasteiger partial charge in [-0.3, -0.25) is 14.6 Å². The van der Waals surface area contributed by atoms with Crippen LogP contribution in [0.4, 0.5) is 10.1 Å². The van der Waals surface area contributed by atoms with Crippen LogP contribution in [0.3, 0.4) is 0 Å². The van der Waals surface area contributed by atoms with Crippen molar-refractivity contribution in [2.24, 2.45) is 0 Å². The highest BCUT2D eigenvalue weighted by Crippen LogP contribution is 2.15. The summed E-state index contributed by atoms with van der Waals surface area (Å²) < 4.78 is 13.3. The zero-order valence-electron chi connectivity index (χ0n) is 13.9. The predicted octanol–water partition coefficient (Wildman–Crippen LogP) is 3.24. The smallest absolute Gasteiger partial charge is 0.238 e. The van der Waals surface area contributed by atoms with Crippen LogP contribution in [-0.4, -0.2) is 48.4 Å². The topological polar surface area (TPSA) is 35.6 Å². The van der Waals surface area contributed by atoms with Crippen LogP contribution in [-0.2, 0) is 11.3 Å². The van der Waals surface area contributed by atoms with Gasteiger partial charge in [0.1, 0.15) is 5.82 Å². The molecule has 1 fully saturated rings. The Kier molecular flexibility index (Phi) is 6.02. The minimum Gasteiger partial charge on any atom is -0.325 e. The van der Waals surface area contributed by atoms with Gasteiger partial charge >= 0.3 is 0 Å². The van der Waals surface area contributed by atoms with E-state index in [9.17, 15) is 9.18 Å². The number of amides is 1. The van der Waals surface area contributed by atoms with Gasteiger partial charge in [0.25, 0.3) is 0 Å². The number of carbonyl (C=O) groups is 1. The van der Waals surface area contributed by atoms with Crippen LogP contribution in [0.5, 0.6) is 0 Å². The number of benzene rings is 2.